The molecule has 0 aliphatic carbocycles. The van der Waals surface area contributed by atoms with E-state index < -0.39 is 19.7 Å². The van der Waals surface area contributed by atoms with Crippen molar-refractivity contribution in [1.82, 2.24) is 9.88 Å². The van der Waals surface area contributed by atoms with E-state index in [1.807, 2.05) is 13.8 Å². The molecule has 1 heterocycles. The van der Waals surface area contributed by atoms with Crippen molar-refractivity contribution in [3.8, 4) is 0 Å². The van der Waals surface area contributed by atoms with Crippen LogP contribution < -0.4 is 4.90 Å². The molecule has 3 aromatic rings. The SMILES string of the molecule is CCN(CC)CCN(C(=O)c1cccc(S(=O)(=O)CC)c1)c1nc2ccc(S(C)(=O)=O)cc2s1.Cl. The molecule has 2 aromatic carbocycles. The molecule has 0 saturated heterocycles. The van der Waals surface area contributed by atoms with E-state index in [0.29, 0.717) is 28.4 Å². The summed E-state index contributed by atoms with van der Waals surface area (Å²) in [5.74, 6) is -0.417. The second-order valence-corrected chi connectivity index (χ2v) is 13.1. The number of benzene rings is 2. The molecule has 0 unspecified atom stereocenters. The number of anilines is 1. The van der Waals surface area contributed by atoms with Crippen LogP contribution in [0.2, 0.25) is 0 Å². The summed E-state index contributed by atoms with van der Waals surface area (Å²) in [5.41, 5.74) is 0.848. The number of likely N-dealkylation sites (N-methyl/N-ethyl adjacent to an activating group) is 1. The maximum atomic E-state index is 13.6. The van der Waals surface area contributed by atoms with Crippen LogP contribution in [-0.2, 0) is 19.7 Å². The van der Waals surface area contributed by atoms with Gasteiger partial charge in [0, 0.05) is 24.9 Å². The zero-order valence-corrected chi connectivity index (χ0v) is 23.4. The van der Waals surface area contributed by atoms with E-state index in [2.05, 4.69) is 9.88 Å². The molecule has 0 atom stereocenters. The maximum Gasteiger partial charge on any atom is 0.260 e. The minimum absolute atomic E-state index is 0. The number of carbonyl (C=O) groups is 1. The highest BCUT2D eigenvalue weighted by Gasteiger charge is 2.24. The van der Waals surface area contributed by atoms with Crippen molar-refractivity contribution in [3.63, 3.8) is 0 Å². The summed E-state index contributed by atoms with van der Waals surface area (Å²) in [5, 5.41) is 0.432. The van der Waals surface area contributed by atoms with Crippen molar-refractivity contribution < 1.29 is 21.6 Å². The first-order valence-electron chi connectivity index (χ1n) is 11.0. The Balaban J connectivity index is 0.00000432. The first-order chi connectivity index (χ1) is 16.0. The van der Waals surface area contributed by atoms with Gasteiger partial charge in [0.05, 0.1) is 25.8 Å². The third-order valence-electron chi connectivity index (χ3n) is 5.61. The van der Waals surface area contributed by atoms with Gasteiger partial charge in [-0.05, 0) is 49.5 Å². The lowest BCUT2D eigenvalue weighted by atomic mass is 10.2. The van der Waals surface area contributed by atoms with Crippen molar-refractivity contribution in [1.29, 1.82) is 0 Å². The Labute approximate surface area is 217 Å². The van der Waals surface area contributed by atoms with Gasteiger partial charge in [-0.15, -0.1) is 12.4 Å². The highest BCUT2D eigenvalue weighted by Crippen LogP contribution is 2.31. The third-order valence-corrected chi connectivity index (χ3v) is 9.49. The zero-order valence-electron chi connectivity index (χ0n) is 20.1. The lowest BCUT2D eigenvalue weighted by Gasteiger charge is -2.25. The normalized spacial score (nSPS) is 12.0. The van der Waals surface area contributed by atoms with Crippen molar-refractivity contribution in [2.24, 2.45) is 0 Å². The number of rotatable bonds is 10. The summed E-state index contributed by atoms with van der Waals surface area (Å²) in [7, 11) is -6.85. The van der Waals surface area contributed by atoms with Gasteiger partial charge in [0.1, 0.15) is 0 Å². The second kappa shape index (κ2) is 11.8. The van der Waals surface area contributed by atoms with Gasteiger partial charge in [-0.25, -0.2) is 21.8 Å². The minimum Gasteiger partial charge on any atom is -0.302 e. The number of nitrogens with zero attached hydrogens (tertiary/aromatic N) is 3. The fourth-order valence-corrected chi connectivity index (χ4v) is 6.13. The smallest absolute Gasteiger partial charge is 0.260 e. The van der Waals surface area contributed by atoms with E-state index in [9.17, 15) is 21.6 Å². The van der Waals surface area contributed by atoms with Gasteiger partial charge in [0.2, 0.25) is 0 Å². The van der Waals surface area contributed by atoms with Gasteiger partial charge < -0.3 is 4.90 Å². The number of hydrogen-bond acceptors (Lipinski definition) is 8. The van der Waals surface area contributed by atoms with Crippen molar-refractivity contribution in [3.05, 3.63) is 48.0 Å². The van der Waals surface area contributed by atoms with Gasteiger partial charge in [-0.2, -0.15) is 0 Å². The van der Waals surface area contributed by atoms with E-state index in [1.165, 1.54) is 29.5 Å². The van der Waals surface area contributed by atoms with Crippen LogP contribution in [0.4, 0.5) is 5.13 Å². The number of amides is 1. The van der Waals surface area contributed by atoms with Crippen LogP contribution in [0.5, 0.6) is 0 Å². The van der Waals surface area contributed by atoms with Crippen LogP contribution in [0.3, 0.4) is 0 Å². The first-order valence-corrected chi connectivity index (χ1v) is 15.3. The Morgan fingerprint density at radius 1 is 0.943 bits per heavy atom. The Morgan fingerprint density at radius 3 is 2.23 bits per heavy atom. The number of carbonyl (C=O) groups excluding carboxylic acids is 1. The van der Waals surface area contributed by atoms with Crippen LogP contribution in [0.25, 0.3) is 10.2 Å². The first kappa shape index (κ1) is 29.2. The van der Waals surface area contributed by atoms with Gasteiger partial charge >= 0.3 is 0 Å². The molecule has 0 radical (unpaired) electrons. The predicted molar refractivity (Wildman–Crippen MR) is 144 cm³/mol. The standard InChI is InChI=1S/C23H29N3O5S3.ClH/c1-5-25(6-2)13-14-26(22(27)17-9-8-10-19(15-17)34(30,31)7-3)23-24-20-12-11-18(33(4,28)29)16-21(20)32-23;/h8-12,15-16H,5-7,13-14H2,1-4H3;1H. The number of aromatic nitrogens is 1. The van der Waals surface area contributed by atoms with Crippen molar-refractivity contribution >= 4 is 64.7 Å². The molecular formula is C23H30ClN3O5S3. The van der Waals surface area contributed by atoms with Gasteiger partial charge in [0.15, 0.2) is 24.8 Å². The van der Waals surface area contributed by atoms with Gasteiger partial charge in [-0.1, -0.05) is 38.2 Å². The zero-order chi connectivity index (χ0) is 25.1. The lowest BCUT2D eigenvalue weighted by molar-refractivity contribution is 0.0983. The van der Waals surface area contributed by atoms with Crippen LogP contribution in [0.1, 0.15) is 31.1 Å². The number of fused-ring (bicyclic) bond motifs is 1. The fraction of sp³-hybridized carbons (Fsp3) is 0.391. The van der Waals surface area contributed by atoms with Crippen molar-refractivity contribution in [2.75, 3.05) is 43.1 Å². The summed E-state index contributed by atoms with van der Waals surface area (Å²) in [6, 6.07) is 10.7. The number of halogens is 1. The molecule has 0 saturated carbocycles. The van der Waals surface area contributed by atoms with Crippen molar-refractivity contribution in [2.45, 2.75) is 30.6 Å². The van der Waals surface area contributed by atoms with Gasteiger partial charge in [0.25, 0.3) is 5.91 Å². The average Bonchev–Trinajstić information content (AvgIpc) is 3.24. The second-order valence-electron chi connectivity index (χ2n) is 7.81. The van der Waals surface area contributed by atoms with Crippen LogP contribution >= 0.6 is 23.7 Å². The highest BCUT2D eigenvalue weighted by molar-refractivity contribution is 7.91. The molecule has 0 N–H and O–H groups in total. The van der Waals surface area contributed by atoms with E-state index >= 15 is 0 Å². The summed E-state index contributed by atoms with van der Waals surface area (Å²) in [6.07, 6.45) is 1.15. The van der Waals surface area contributed by atoms with E-state index in [4.69, 9.17) is 0 Å². The lowest BCUT2D eigenvalue weighted by Crippen LogP contribution is -2.39. The number of thiazole rings is 1. The monoisotopic (exact) mass is 559 g/mol. The van der Waals surface area contributed by atoms with Crippen LogP contribution in [-0.4, -0.2) is 70.8 Å². The van der Waals surface area contributed by atoms with Gasteiger partial charge in [-0.3, -0.25) is 9.69 Å². The molecule has 35 heavy (non-hydrogen) atoms. The maximum absolute atomic E-state index is 13.6. The molecule has 0 fully saturated rings. The summed E-state index contributed by atoms with van der Waals surface area (Å²) >= 11 is 1.23. The molecule has 3 rings (SSSR count). The molecule has 12 heteroatoms. The minimum atomic E-state index is -3.47. The Kier molecular flexibility index (Phi) is 9.83. The van der Waals surface area contributed by atoms with E-state index in [0.717, 1.165) is 19.3 Å². The topological polar surface area (TPSA) is 105 Å². The molecule has 192 valence electrons. The molecular weight excluding hydrogens is 530 g/mol. The highest BCUT2D eigenvalue weighted by atomic mass is 35.5. The molecule has 1 amide bonds. The molecule has 0 bridgehead atoms. The molecule has 0 aliphatic rings. The molecule has 0 aliphatic heterocycles. The molecule has 1 aromatic heterocycles. The van der Waals surface area contributed by atoms with E-state index in [-0.39, 0.29) is 39.4 Å². The van der Waals surface area contributed by atoms with Crippen LogP contribution in [0, 0.1) is 0 Å². The summed E-state index contributed by atoms with van der Waals surface area (Å²) < 4.78 is 49.3. The summed E-state index contributed by atoms with van der Waals surface area (Å²) in [4.78, 5) is 22.2. The molecule has 8 nitrogen and oxygen atoms in total. The summed E-state index contributed by atoms with van der Waals surface area (Å²) in [6.45, 7) is 8.24. The fourth-order valence-electron chi connectivity index (χ4n) is 3.45. The third kappa shape index (κ3) is 6.79. The number of sulfone groups is 2. The van der Waals surface area contributed by atoms with Crippen LogP contribution in [0.15, 0.2) is 52.3 Å². The Hall–Kier alpha value is -2.05. The number of hydrogen-bond donors (Lipinski definition) is 0. The average molecular weight is 560 g/mol. The molecule has 0 spiro atoms. The van der Waals surface area contributed by atoms with E-state index in [1.54, 1.807) is 36.1 Å². The predicted octanol–water partition coefficient (Wildman–Crippen LogP) is 3.90. The Morgan fingerprint density at radius 2 is 1.63 bits per heavy atom. The quantitative estimate of drug-likeness (QED) is 0.371. The largest absolute Gasteiger partial charge is 0.302 e. The Bertz CT molecular complexity index is 1400.